The van der Waals surface area contributed by atoms with Gasteiger partial charge in [0.05, 0.1) is 25.7 Å². The van der Waals surface area contributed by atoms with Crippen molar-refractivity contribution in [3.63, 3.8) is 0 Å². The topological polar surface area (TPSA) is 93.7 Å². The number of halogens is 1. The number of sulfonamides is 1. The van der Waals surface area contributed by atoms with Crippen LogP contribution in [-0.4, -0.2) is 35.1 Å². The Kier molecular flexibility index (Phi) is 8.55. The maximum absolute atomic E-state index is 12.7. The van der Waals surface area contributed by atoms with Crippen molar-refractivity contribution in [1.29, 1.82) is 0 Å². The molecule has 0 aliphatic carbocycles. The molecule has 180 valence electrons. The van der Waals surface area contributed by atoms with Crippen LogP contribution in [-0.2, 0) is 27.7 Å². The summed E-state index contributed by atoms with van der Waals surface area (Å²) in [5.41, 5.74) is 3.55. The van der Waals surface area contributed by atoms with Gasteiger partial charge in [-0.2, -0.15) is 0 Å². The Hall–Kier alpha value is -3.07. The minimum Gasteiger partial charge on any atom is -0.493 e. The molecule has 2 N–H and O–H groups in total. The van der Waals surface area contributed by atoms with Crippen LogP contribution in [0.2, 0.25) is 5.02 Å². The summed E-state index contributed by atoms with van der Waals surface area (Å²) in [5.74, 6) is 0.185. The smallest absolute Gasteiger partial charge is 0.241 e. The van der Waals surface area contributed by atoms with Gasteiger partial charge in [-0.1, -0.05) is 48.9 Å². The van der Waals surface area contributed by atoms with Crippen molar-refractivity contribution in [3.05, 3.63) is 82.4 Å². The second-order valence-corrected chi connectivity index (χ2v) is 9.68. The van der Waals surface area contributed by atoms with Crippen molar-refractivity contribution >= 4 is 33.2 Å². The van der Waals surface area contributed by atoms with E-state index in [1.165, 1.54) is 32.4 Å². The number of anilines is 1. The molecule has 0 aliphatic rings. The molecule has 0 atom stereocenters. The number of methoxy groups -OCH3 is 2. The van der Waals surface area contributed by atoms with E-state index >= 15 is 0 Å². The molecule has 34 heavy (non-hydrogen) atoms. The van der Waals surface area contributed by atoms with Crippen LogP contribution in [0, 0.1) is 0 Å². The zero-order chi connectivity index (χ0) is 24.7. The first kappa shape index (κ1) is 25.6. The summed E-state index contributed by atoms with van der Waals surface area (Å²) in [4.78, 5) is 12.6. The molecule has 0 fully saturated rings. The van der Waals surface area contributed by atoms with Gasteiger partial charge in [-0.15, -0.1) is 0 Å². The summed E-state index contributed by atoms with van der Waals surface area (Å²) in [5, 5.41) is 3.46. The lowest BCUT2D eigenvalue weighted by molar-refractivity contribution is -0.115. The Balaban J connectivity index is 1.74. The van der Waals surface area contributed by atoms with Crippen molar-refractivity contribution in [2.24, 2.45) is 0 Å². The summed E-state index contributed by atoms with van der Waals surface area (Å²) in [7, 11) is -1.07. The molecule has 0 heterocycles. The summed E-state index contributed by atoms with van der Waals surface area (Å²) < 4.78 is 38.0. The van der Waals surface area contributed by atoms with E-state index in [4.69, 9.17) is 21.1 Å². The first-order valence-corrected chi connectivity index (χ1v) is 12.5. The summed E-state index contributed by atoms with van der Waals surface area (Å²) in [6, 6.07) is 17.5. The van der Waals surface area contributed by atoms with Gasteiger partial charge in [0.15, 0.2) is 11.5 Å². The van der Waals surface area contributed by atoms with E-state index in [-0.39, 0.29) is 10.6 Å². The maximum atomic E-state index is 12.7. The Labute approximate surface area is 205 Å². The number of benzene rings is 3. The van der Waals surface area contributed by atoms with Gasteiger partial charge < -0.3 is 14.8 Å². The van der Waals surface area contributed by atoms with Crippen LogP contribution in [0.3, 0.4) is 0 Å². The number of nitrogens with one attached hydrogen (secondary N) is 2. The zero-order valence-corrected chi connectivity index (χ0v) is 20.8. The fraction of sp³-hybridized carbons (Fsp3) is 0.240. The van der Waals surface area contributed by atoms with Crippen molar-refractivity contribution in [1.82, 2.24) is 4.72 Å². The second kappa shape index (κ2) is 11.4. The minimum atomic E-state index is -3.94. The first-order chi connectivity index (χ1) is 16.3. The van der Waals surface area contributed by atoms with E-state index in [1.807, 2.05) is 42.5 Å². The third kappa shape index (κ3) is 6.28. The van der Waals surface area contributed by atoms with E-state index in [0.717, 1.165) is 23.1 Å². The van der Waals surface area contributed by atoms with Crippen molar-refractivity contribution in [3.8, 4) is 11.5 Å². The predicted octanol–water partition coefficient (Wildman–Crippen LogP) is 4.43. The molecule has 7 nitrogen and oxygen atoms in total. The molecule has 0 saturated heterocycles. The lowest BCUT2D eigenvalue weighted by Crippen LogP contribution is -2.33. The van der Waals surface area contributed by atoms with E-state index in [9.17, 15) is 13.2 Å². The molecule has 3 aromatic rings. The van der Waals surface area contributed by atoms with Crippen LogP contribution in [0.25, 0.3) is 0 Å². The Bertz CT molecular complexity index is 1280. The van der Waals surface area contributed by atoms with E-state index in [2.05, 4.69) is 17.0 Å². The quantitative estimate of drug-likeness (QED) is 0.428. The fourth-order valence-electron chi connectivity index (χ4n) is 3.40. The van der Waals surface area contributed by atoms with E-state index < -0.39 is 22.5 Å². The number of hydrogen-bond donors (Lipinski definition) is 2. The highest BCUT2D eigenvalue weighted by molar-refractivity contribution is 7.89. The minimum absolute atomic E-state index is 0.0374. The largest absolute Gasteiger partial charge is 0.493 e. The molecular weight excluding hydrogens is 476 g/mol. The van der Waals surface area contributed by atoms with Crippen LogP contribution >= 0.6 is 11.6 Å². The number of aryl methyl sites for hydroxylation is 1. The van der Waals surface area contributed by atoms with E-state index in [0.29, 0.717) is 22.9 Å². The Morgan fingerprint density at radius 3 is 2.35 bits per heavy atom. The summed E-state index contributed by atoms with van der Waals surface area (Å²) in [6.07, 6.45) is 1.37. The number of amides is 1. The average Bonchev–Trinajstić information content (AvgIpc) is 2.84. The summed E-state index contributed by atoms with van der Waals surface area (Å²) >= 11 is 6.32. The number of rotatable bonds is 10. The van der Waals surface area contributed by atoms with Crippen LogP contribution < -0.4 is 19.5 Å². The fourth-order valence-corrected chi connectivity index (χ4v) is 4.60. The van der Waals surface area contributed by atoms with Gasteiger partial charge in [-0.3, -0.25) is 4.79 Å². The monoisotopic (exact) mass is 502 g/mol. The standard InChI is InChI=1S/C25H27ClN2O5S/c1-4-17-9-11-22(19(13-17)14-18-7-5-6-8-21(18)26)28-25(29)16-27-34(30,31)20-10-12-23(32-2)24(15-20)33-3/h5-13,15,27H,4,14,16H2,1-3H3,(H,28,29). The number of carbonyl (C=O) groups is 1. The number of ether oxygens (including phenoxy) is 2. The molecule has 0 aromatic heterocycles. The second-order valence-electron chi connectivity index (χ2n) is 7.50. The molecule has 9 heteroatoms. The maximum Gasteiger partial charge on any atom is 0.241 e. The third-order valence-corrected chi connectivity index (χ3v) is 7.05. The first-order valence-electron chi connectivity index (χ1n) is 10.6. The van der Waals surface area contributed by atoms with Crippen LogP contribution in [0.1, 0.15) is 23.6 Å². The van der Waals surface area contributed by atoms with Crippen molar-refractivity contribution < 1.29 is 22.7 Å². The molecule has 0 spiro atoms. The molecule has 0 unspecified atom stereocenters. The lowest BCUT2D eigenvalue weighted by Gasteiger charge is -2.14. The van der Waals surface area contributed by atoms with Crippen LogP contribution in [0.15, 0.2) is 65.6 Å². The third-order valence-electron chi connectivity index (χ3n) is 5.28. The molecule has 1 amide bonds. The highest BCUT2D eigenvalue weighted by atomic mass is 35.5. The zero-order valence-electron chi connectivity index (χ0n) is 19.2. The van der Waals surface area contributed by atoms with Gasteiger partial charge in [0, 0.05) is 23.2 Å². The normalized spacial score (nSPS) is 11.2. The van der Waals surface area contributed by atoms with Crippen LogP contribution in [0.5, 0.6) is 11.5 Å². The van der Waals surface area contributed by atoms with Gasteiger partial charge in [0.2, 0.25) is 15.9 Å². The lowest BCUT2D eigenvalue weighted by atomic mass is 9.99. The molecule has 0 aliphatic heterocycles. The molecule has 0 radical (unpaired) electrons. The average molecular weight is 503 g/mol. The molecule has 0 saturated carbocycles. The van der Waals surface area contributed by atoms with Crippen molar-refractivity contribution in [2.45, 2.75) is 24.7 Å². The number of hydrogen-bond acceptors (Lipinski definition) is 5. The van der Waals surface area contributed by atoms with Crippen LogP contribution in [0.4, 0.5) is 5.69 Å². The summed E-state index contributed by atoms with van der Waals surface area (Å²) in [6.45, 7) is 1.62. The SMILES string of the molecule is CCc1ccc(NC(=O)CNS(=O)(=O)c2ccc(OC)c(OC)c2)c(Cc2ccccc2Cl)c1. The van der Waals surface area contributed by atoms with Gasteiger partial charge in [0.25, 0.3) is 0 Å². The molecule has 0 bridgehead atoms. The van der Waals surface area contributed by atoms with Gasteiger partial charge >= 0.3 is 0 Å². The predicted molar refractivity (Wildman–Crippen MR) is 133 cm³/mol. The van der Waals surface area contributed by atoms with E-state index in [1.54, 1.807) is 0 Å². The highest BCUT2D eigenvalue weighted by Crippen LogP contribution is 2.29. The highest BCUT2D eigenvalue weighted by Gasteiger charge is 2.19. The Morgan fingerprint density at radius 2 is 1.68 bits per heavy atom. The Morgan fingerprint density at radius 1 is 0.941 bits per heavy atom. The van der Waals surface area contributed by atoms with Gasteiger partial charge in [0.1, 0.15) is 0 Å². The van der Waals surface area contributed by atoms with Crippen molar-refractivity contribution in [2.75, 3.05) is 26.1 Å². The van der Waals surface area contributed by atoms with Gasteiger partial charge in [-0.25, -0.2) is 13.1 Å². The number of carbonyl (C=O) groups excluding carboxylic acids is 1. The molecule has 3 aromatic carbocycles. The van der Waals surface area contributed by atoms with Gasteiger partial charge in [-0.05, 0) is 47.4 Å². The molecular formula is C25H27ClN2O5S. The molecule has 3 rings (SSSR count).